The first kappa shape index (κ1) is 13.1. The lowest BCUT2D eigenvalue weighted by Crippen LogP contribution is -2.33. The Balaban J connectivity index is 2.27. The Hall–Kier alpha value is -0.970. The number of hydrogen-bond donors (Lipinski definition) is 0. The quantitative estimate of drug-likeness (QED) is 0.651. The van der Waals surface area contributed by atoms with Crippen molar-refractivity contribution in [1.82, 2.24) is 9.88 Å². The zero-order chi connectivity index (χ0) is 11.8. The van der Waals surface area contributed by atoms with Gasteiger partial charge < -0.3 is 14.4 Å². The molecule has 0 unspecified atom stereocenters. The summed E-state index contributed by atoms with van der Waals surface area (Å²) >= 11 is 0. The first-order valence-corrected chi connectivity index (χ1v) is 5.39. The summed E-state index contributed by atoms with van der Waals surface area (Å²) in [7, 11) is 5.38. The maximum Gasteiger partial charge on any atom is 0.169 e. The van der Waals surface area contributed by atoms with Gasteiger partial charge in [-0.15, -0.1) is 0 Å². The van der Waals surface area contributed by atoms with Crippen molar-refractivity contribution in [1.29, 1.82) is 0 Å². The van der Waals surface area contributed by atoms with E-state index in [-0.39, 0.29) is 6.29 Å². The predicted molar refractivity (Wildman–Crippen MR) is 63.2 cm³/mol. The third-order valence-electron chi connectivity index (χ3n) is 2.52. The van der Waals surface area contributed by atoms with E-state index in [9.17, 15) is 0 Å². The minimum atomic E-state index is -0.151. The number of rotatable bonds is 7. The highest BCUT2D eigenvalue weighted by Gasteiger charge is 2.08. The first-order valence-electron chi connectivity index (χ1n) is 5.39. The number of likely N-dealkylation sites (N-methyl/N-ethyl adjacent to an activating group) is 1. The summed E-state index contributed by atoms with van der Waals surface area (Å²) in [6.07, 6.45) is 4.51. The Labute approximate surface area is 97.2 Å². The van der Waals surface area contributed by atoms with Gasteiger partial charge in [0, 0.05) is 39.7 Å². The van der Waals surface area contributed by atoms with Gasteiger partial charge in [-0.2, -0.15) is 0 Å². The molecule has 0 aliphatic heterocycles. The summed E-state index contributed by atoms with van der Waals surface area (Å²) in [4.78, 5) is 6.19. The van der Waals surface area contributed by atoms with Crippen LogP contribution in [0.15, 0.2) is 24.5 Å². The molecule has 0 spiro atoms. The summed E-state index contributed by atoms with van der Waals surface area (Å²) in [5.74, 6) is 0. The molecular formula is C12H20N2O2. The molecule has 1 aromatic heterocycles. The maximum absolute atomic E-state index is 5.15. The van der Waals surface area contributed by atoms with Gasteiger partial charge in [0.1, 0.15) is 0 Å². The molecule has 0 aliphatic rings. The fourth-order valence-electron chi connectivity index (χ4n) is 1.46. The van der Waals surface area contributed by atoms with Crippen LogP contribution in [0.2, 0.25) is 0 Å². The normalized spacial score (nSPS) is 11.3. The molecule has 0 amide bonds. The van der Waals surface area contributed by atoms with Crippen molar-refractivity contribution in [2.24, 2.45) is 0 Å². The number of pyridine rings is 1. The highest BCUT2D eigenvalue weighted by Crippen LogP contribution is 2.00. The fourth-order valence-corrected chi connectivity index (χ4v) is 1.46. The van der Waals surface area contributed by atoms with E-state index in [0.717, 1.165) is 19.5 Å². The second kappa shape index (κ2) is 7.33. The van der Waals surface area contributed by atoms with Crippen LogP contribution in [0.3, 0.4) is 0 Å². The lowest BCUT2D eigenvalue weighted by Gasteiger charge is -2.21. The monoisotopic (exact) mass is 224 g/mol. The summed E-state index contributed by atoms with van der Waals surface area (Å²) in [5.41, 5.74) is 1.30. The van der Waals surface area contributed by atoms with Crippen LogP contribution in [0.25, 0.3) is 0 Å². The largest absolute Gasteiger partial charge is 0.355 e. The lowest BCUT2D eigenvalue weighted by molar-refractivity contribution is -0.113. The van der Waals surface area contributed by atoms with Crippen LogP contribution in [0, 0.1) is 0 Å². The zero-order valence-corrected chi connectivity index (χ0v) is 10.2. The van der Waals surface area contributed by atoms with Crippen molar-refractivity contribution >= 4 is 0 Å². The Morgan fingerprint density at radius 3 is 2.44 bits per heavy atom. The molecule has 0 aromatic carbocycles. The molecule has 0 saturated heterocycles. The summed E-state index contributed by atoms with van der Waals surface area (Å²) in [5, 5.41) is 0. The molecular weight excluding hydrogens is 204 g/mol. The van der Waals surface area contributed by atoms with E-state index < -0.39 is 0 Å². The molecule has 0 atom stereocenters. The Morgan fingerprint density at radius 1 is 1.25 bits per heavy atom. The van der Waals surface area contributed by atoms with Gasteiger partial charge in [-0.3, -0.25) is 4.98 Å². The van der Waals surface area contributed by atoms with E-state index in [2.05, 4.69) is 16.9 Å². The number of aromatic nitrogens is 1. The number of hydrogen-bond acceptors (Lipinski definition) is 4. The van der Waals surface area contributed by atoms with Crippen LogP contribution >= 0.6 is 0 Å². The minimum absolute atomic E-state index is 0.151. The molecule has 0 N–H and O–H groups in total. The third-order valence-corrected chi connectivity index (χ3v) is 2.52. The molecule has 0 bridgehead atoms. The van der Waals surface area contributed by atoms with Crippen LogP contribution < -0.4 is 0 Å². The summed E-state index contributed by atoms with van der Waals surface area (Å²) < 4.78 is 10.3. The fraction of sp³-hybridized carbons (Fsp3) is 0.583. The van der Waals surface area contributed by atoms with Crippen molar-refractivity contribution in [3.63, 3.8) is 0 Å². The molecule has 90 valence electrons. The van der Waals surface area contributed by atoms with Crippen molar-refractivity contribution in [2.45, 2.75) is 12.7 Å². The van der Waals surface area contributed by atoms with E-state index in [1.165, 1.54) is 5.56 Å². The minimum Gasteiger partial charge on any atom is -0.355 e. The molecule has 4 heteroatoms. The van der Waals surface area contributed by atoms with Gasteiger partial charge in [-0.05, 0) is 31.2 Å². The second-order valence-electron chi connectivity index (χ2n) is 3.77. The number of ether oxygens (including phenoxy) is 2. The van der Waals surface area contributed by atoms with E-state index in [1.54, 1.807) is 14.2 Å². The second-order valence-corrected chi connectivity index (χ2v) is 3.77. The molecule has 0 saturated carbocycles. The standard InChI is InChI=1S/C12H20N2O2/c1-14(10-12(15-2)16-3)9-6-11-4-7-13-8-5-11/h4-5,7-8,12H,6,9-10H2,1-3H3. The molecule has 0 fully saturated rings. The number of nitrogens with zero attached hydrogens (tertiary/aromatic N) is 2. The Morgan fingerprint density at radius 2 is 1.88 bits per heavy atom. The van der Waals surface area contributed by atoms with Gasteiger partial charge in [0.05, 0.1) is 0 Å². The van der Waals surface area contributed by atoms with Gasteiger partial charge in [0.15, 0.2) is 6.29 Å². The highest BCUT2D eigenvalue weighted by molar-refractivity contribution is 5.09. The first-order chi connectivity index (χ1) is 7.76. The zero-order valence-electron chi connectivity index (χ0n) is 10.2. The van der Waals surface area contributed by atoms with E-state index in [1.807, 2.05) is 24.5 Å². The maximum atomic E-state index is 5.15. The SMILES string of the molecule is COC(CN(C)CCc1ccncc1)OC. The topological polar surface area (TPSA) is 34.6 Å². The van der Waals surface area contributed by atoms with Crippen LogP contribution in [0.4, 0.5) is 0 Å². The third kappa shape index (κ3) is 4.70. The van der Waals surface area contributed by atoms with Gasteiger partial charge in [-0.25, -0.2) is 0 Å². The van der Waals surface area contributed by atoms with Gasteiger partial charge >= 0.3 is 0 Å². The van der Waals surface area contributed by atoms with E-state index in [0.29, 0.717) is 0 Å². The average Bonchev–Trinajstić information content (AvgIpc) is 2.34. The van der Waals surface area contributed by atoms with Gasteiger partial charge in [0.2, 0.25) is 0 Å². The Bertz CT molecular complexity index is 276. The summed E-state index contributed by atoms with van der Waals surface area (Å²) in [6.45, 7) is 1.76. The highest BCUT2D eigenvalue weighted by atomic mass is 16.7. The molecule has 1 rings (SSSR count). The van der Waals surface area contributed by atoms with Crippen molar-refractivity contribution < 1.29 is 9.47 Å². The smallest absolute Gasteiger partial charge is 0.169 e. The Kier molecular flexibility index (Phi) is 6.00. The van der Waals surface area contributed by atoms with Crippen molar-refractivity contribution in [3.8, 4) is 0 Å². The predicted octanol–water partition coefficient (Wildman–Crippen LogP) is 1.17. The van der Waals surface area contributed by atoms with Crippen LogP contribution in [0.1, 0.15) is 5.56 Å². The van der Waals surface area contributed by atoms with Crippen molar-refractivity contribution in [2.75, 3.05) is 34.4 Å². The van der Waals surface area contributed by atoms with Crippen LogP contribution in [-0.4, -0.2) is 50.5 Å². The molecule has 1 heterocycles. The molecule has 4 nitrogen and oxygen atoms in total. The van der Waals surface area contributed by atoms with E-state index >= 15 is 0 Å². The van der Waals surface area contributed by atoms with Gasteiger partial charge in [-0.1, -0.05) is 0 Å². The average molecular weight is 224 g/mol. The van der Waals surface area contributed by atoms with E-state index in [4.69, 9.17) is 9.47 Å². The van der Waals surface area contributed by atoms with Gasteiger partial charge in [0.25, 0.3) is 0 Å². The molecule has 0 aliphatic carbocycles. The molecule has 1 aromatic rings. The molecule has 0 radical (unpaired) electrons. The number of methoxy groups -OCH3 is 2. The van der Waals surface area contributed by atoms with Crippen LogP contribution in [0.5, 0.6) is 0 Å². The summed E-state index contributed by atoms with van der Waals surface area (Å²) in [6, 6.07) is 4.08. The molecule has 16 heavy (non-hydrogen) atoms. The van der Waals surface area contributed by atoms with Crippen LogP contribution in [-0.2, 0) is 15.9 Å². The van der Waals surface area contributed by atoms with Crippen molar-refractivity contribution in [3.05, 3.63) is 30.1 Å². The lowest BCUT2D eigenvalue weighted by atomic mass is 10.2.